The average molecular weight is 436 g/mol. The first-order chi connectivity index (χ1) is 14.8. The number of aryl methyl sites for hydroxylation is 3. The SMILES string of the molecule is Cc1ccc(C(C)C)c(OCC(=O)Nc2ccc(-c3nn4c(C)nnc4s3)cc2C)c1. The van der Waals surface area contributed by atoms with Crippen LogP contribution in [0.15, 0.2) is 36.4 Å². The van der Waals surface area contributed by atoms with Gasteiger partial charge in [0, 0.05) is 11.3 Å². The molecule has 0 atom stereocenters. The maximum absolute atomic E-state index is 12.5. The lowest BCUT2D eigenvalue weighted by Gasteiger charge is -2.15. The standard InChI is InChI=1S/C23H25N5O2S/c1-13(2)18-8-6-14(3)10-20(18)30-12-21(29)24-19-9-7-17(11-15(19)4)22-27-28-16(5)25-26-23(28)31-22/h6-11,13H,12H2,1-5H3,(H,24,29). The topological polar surface area (TPSA) is 81.4 Å². The number of benzene rings is 2. The molecule has 1 N–H and O–H groups in total. The number of nitrogens with zero attached hydrogens (tertiary/aromatic N) is 4. The number of carbonyl (C=O) groups is 1. The number of fused-ring (bicyclic) bond motifs is 1. The summed E-state index contributed by atoms with van der Waals surface area (Å²) in [6.45, 7) is 10.0. The minimum atomic E-state index is -0.193. The Kier molecular flexibility index (Phi) is 5.73. The van der Waals surface area contributed by atoms with E-state index in [1.807, 2.05) is 45.0 Å². The molecule has 0 aliphatic rings. The van der Waals surface area contributed by atoms with Crippen molar-refractivity contribution >= 4 is 27.9 Å². The van der Waals surface area contributed by atoms with Crippen LogP contribution in [-0.2, 0) is 4.79 Å². The number of aromatic nitrogens is 4. The number of hydrogen-bond donors (Lipinski definition) is 1. The van der Waals surface area contributed by atoms with Crippen molar-refractivity contribution in [1.82, 2.24) is 19.8 Å². The molecule has 0 bridgehead atoms. The van der Waals surface area contributed by atoms with Gasteiger partial charge in [0.05, 0.1) is 0 Å². The molecule has 31 heavy (non-hydrogen) atoms. The molecule has 7 nitrogen and oxygen atoms in total. The summed E-state index contributed by atoms with van der Waals surface area (Å²) in [5, 5.41) is 16.5. The predicted molar refractivity (Wildman–Crippen MR) is 123 cm³/mol. The smallest absolute Gasteiger partial charge is 0.262 e. The van der Waals surface area contributed by atoms with Gasteiger partial charge in [0.25, 0.3) is 5.91 Å². The highest BCUT2D eigenvalue weighted by Gasteiger charge is 2.14. The normalized spacial score (nSPS) is 11.3. The van der Waals surface area contributed by atoms with E-state index in [1.165, 1.54) is 11.3 Å². The van der Waals surface area contributed by atoms with Gasteiger partial charge in [0.15, 0.2) is 12.4 Å². The van der Waals surface area contributed by atoms with Crippen molar-refractivity contribution in [3.8, 4) is 16.3 Å². The summed E-state index contributed by atoms with van der Waals surface area (Å²) in [7, 11) is 0. The van der Waals surface area contributed by atoms with Crippen LogP contribution in [0, 0.1) is 20.8 Å². The minimum absolute atomic E-state index is 0.0413. The van der Waals surface area contributed by atoms with Crippen LogP contribution in [0.4, 0.5) is 5.69 Å². The number of ether oxygens (including phenoxy) is 1. The van der Waals surface area contributed by atoms with Gasteiger partial charge in [-0.15, -0.1) is 10.2 Å². The zero-order chi connectivity index (χ0) is 22.1. The zero-order valence-corrected chi connectivity index (χ0v) is 19.1. The van der Waals surface area contributed by atoms with E-state index in [1.54, 1.807) is 4.52 Å². The molecule has 0 saturated heterocycles. The number of anilines is 1. The van der Waals surface area contributed by atoms with E-state index < -0.39 is 0 Å². The van der Waals surface area contributed by atoms with Crippen LogP contribution in [0.25, 0.3) is 15.5 Å². The third kappa shape index (κ3) is 4.44. The van der Waals surface area contributed by atoms with Gasteiger partial charge in [-0.2, -0.15) is 9.61 Å². The fraction of sp³-hybridized carbons (Fsp3) is 0.304. The predicted octanol–water partition coefficient (Wildman–Crippen LogP) is 4.92. The van der Waals surface area contributed by atoms with Crippen LogP contribution in [0.5, 0.6) is 5.75 Å². The largest absolute Gasteiger partial charge is 0.483 e. The van der Waals surface area contributed by atoms with Crippen molar-refractivity contribution in [2.45, 2.75) is 40.5 Å². The van der Waals surface area contributed by atoms with Gasteiger partial charge in [0.1, 0.15) is 10.8 Å². The van der Waals surface area contributed by atoms with Crippen molar-refractivity contribution in [2.75, 3.05) is 11.9 Å². The Labute approximate surface area is 185 Å². The molecule has 4 aromatic rings. The lowest BCUT2D eigenvalue weighted by molar-refractivity contribution is -0.118. The van der Waals surface area contributed by atoms with Gasteiger partial charge < -0.3 is 10.1 Å². The maximum atomic E-state index is 12.5. The van der Waals surface area contributed by atoms with Crippen LogP contribution in [0.3, 0.4) is 0 Å². The molecular formula is C23H25N5O2S. The lowest BCUT2D eigenvalue weighted by Crippen LogP contribution is -2.21. The van der Waals surface area contributed by atoms with Crippen LogP contribution in [-0.4, -0.2) is 32.3 Å². The molecule has 2 heterocycles. The summed E-state index contributed by atoms with van der Waals surface area (Å²) in [5.74, 6) is 1.64. The fourth-order valence-electron chi connectivity index (χ4n) is 3.34. The molecular weight excluding hydrogens is 410 g/mol. The molecule has 2 aromatic carbocycles. The van der Waals surface area contributed by atoms with Crippen LogP contribution in [0.1, 0.15) is 42.3 Å². The van der Waals surface area contributed by atoms with Crippen LogP contribution < -0.4 is 10.1 Å². The first-order valence-electron chi connectivity index (χ1n) is 10.1. The summed E-state index contributed by atoms with van der Waals surface area (Å²) in [6, 6.07) is 11.9. The first-order valence-corrected chi connectivity index (χ1v) is 11.0. The lowest BCUT2D eigenvalue weighted by atomic mass is 10.0. The highest BCUT2D eigenvalue weighted by molar-refractivity contribution is 7.19. The Bertz CT molecular complexity index is 1260. The number of rotatable bonds is 6. The highest BCUT2D eigenvalue weighted by Crippen LogP contribution is 2.29. The molecule has 0 unspecified atom stereocenters. The molecule has 8 heteroatoms. The number of carbonyl (C=O) groups excluding carboxylic acids is 1. The molecule has 2 aromatic heterocycles. The Balaban J connectivity index is 1.45. The van der Waals surface area contributed by atoms with E-state index in [2.05, 4.69) is 46.6 Å². The second-order valence-corrected chi connectivity index (χ2v) is 8.87. The number of hydrogen-bond acceptors (Lipinski definition) is 6. The highest BCUT2D eigenvalue weighted by atomic mass is 32.1. The fourth-order valence-corrected chi connectivity index (χ4v) is 4.22. The number of amides is 1. The van der Waals surface area contributed by atoms with Gasteiger partial charge in [-0.05, 0) is 67.6 Å². The van der Waals surface area contributed by atoms with E-state index in [9.17, 15) is 4.79 Å². The Morgan fingerprint density at radius 1 is 1.13 bits per heavy atom. The van der Waals surface area contributed by atoms with Gasteiger partial charge >= 0.3 is 0 Å². The third-order valence-electron chi connectivity index (χ3n) is 5.04. The molecule has 0 spiro atoms. The molecule has 0 aliphatic heterocycles. The monoisotopic (exact) mass is 435 g/mol. The summed E-state index contributed by atoms with van der Waals surface area (Å²) in [5.41, 5.74) is 4.88. The third-order valence-corrected chi connectivity index (χ3v) is 5.99. The van der Waals surface area contributed by atoms with E-state index >= 15 is 0 Å². The summed E-state index contributed by atoms with van der Waals surface area (Å²) in [6.07, 6.45) is 0. The van der Waals surface area contributed by atoms with Crippen LogP contribution >= 0.6 is 11.3 Å². The molecule has 0 saturated carbocycles. The quantitative estimate of drug-likeness (QED) is 0.465. The van der Waals surface area contributed by atoms with Crippen molar-refractivity contribution < 1.29 is 9.53 Å². The molecule has 160 valence electrons. The molecule has 1 amide bonds. The van der Waals surface area contributed by atoms with E-state index in [0.29, 0.717) is 5.92 Å². The van der Waals surface area contributed by atoms with E-state index in [-0.39, 0.29) is 12.5 Å². The summed E-state index contributed by atoms with van der Waals surface area (Å²) in [4.78, 5) is 13.3. The summed E-state index contributed by atoms with van der Waals surface area (Å²) >= 11 is 1.48. The van der Waals surface area contributed by atoms with Gasteiger partial charge in [-0.3, -0.25) is 4.79 Å². The Morgan fingerprint density at radius 2 is 1.94 bits per heavy atom. The second-order valence-electron chi connectivity index (χ2n) is 7.91. The Hall–Kier alpha value is -3.26. The van der Waals surface area contributed by atoms with Crippen LogP contribution in [0.2, 0.25) is 0 Å². The average Bonchev–Trinajstić information content (AvgIpc) is 3.30. The minimum Gasteiger partial charge on any atom is -0.483 e. The molecule has 4 rings (SSSR count). The maximum Gasteiger partial charge on any atom is 0.262 e. The second kappa shape index (κ2) is 8.47. The first kappa shape index (κ1) is 21.0. The summed E-state index contributed by atoms with van der Waals surface area (Å²) < 4.78 is 7.58. The van der Waals surface area contributed by atoms with E-state index in [0.717, 1.165) is 49.5 Å². The van der Waals surface area contributed by atoms with Gasteiger partial charge in [0.2, 0.25) is 4.96 Å². The van der Waals surface area contributed by atoms with Crippen molar-refractivity contribution in [2.24, 2.45) is 0 Å². The Morgan fingerprint density at radius 3 is 2.65 bits per heavy atom. The molecule has 0 fully saturated rings. The zero-order valence-electron chi connectivity index (χ0n) is 18.3. The molecule has 0 aliphatic carbocycles. The van der Waals surface area contributed by atoms with Crippen molar-refractivity contribution in [3.63, 3.8) is 0 Å². The van der Waals surface area contributed by atoms with Crippen molar-refractivity contribution in [3.05, 3.63) is 58.9 Å². The van der Waals surface area contributed by atoms with Gasteiger partial charge in [-0.1, -0.05) is 37.3 Å². The van der Waals surface area contributed by atoms with Gasteiger partial charge in [-0.25, -0.2) is 0 Å². The molecule has 0 radical (unpaired) electrons. The van der Waals surface area contributed by atoms with E-state index in [4.69, 9.17) is 4.74 Å². The number of nitrogens with one attached hydrogen (secondary N) is 1. The van der Waals surface area contributed by atoms with Crippen molar-refractivity contribution in [1.29, 1.82) is 0 Å².